The molecule has 1 atom stereocenters. The number of fused-ring (bicyclic) bond motifs is 1. The molecule has 5 heteroatoms. The molecular weight excluding hydrogens is 266 g/mol. The molecular formula is C16H23N3O2. The van der Waals surface area contributed by atoms with Crippen LogP contribution in [0.5, 0.6) is 0 Å². The summed E-state index contributed by atoms with van der Waals surface area (Å²) in [5.41, 5.74) is 14.2. The van der Waals surface area contributed by atoms with E-state index in [-0.39, 0.29) is 5.97 Å². The molecule has 1 aromatic rings. The Morgan fingerprint density at radius 3 is 2.76 bits per heavy atom. The number of hydrogen-bond acceptors (Lipinski definition) is 5. The first-order chi connectivity index (χ1) is 9.80. The molecule has 1 aliphatic rings. The van der Waals surface area contributed by atoms with Crippen LogP contribution < -0.4 is 11.5 Å². The number of nitrogens with two attached hydrogens (primary N) is 2. The molecule has 1 aromatic carbocycles. The van der Waals surface area contributed by atoms with Crippen LogP contribution in [0, 0.1) is 0 Å². The van der Waals surface area contributed by atoms with E-state index in [9.17, 15) is 4.79 Å². The maximum atomic E-state index is 12.2. The van der Waals surface area contributed by atoms with Gasteiger partial charge in [0.15, 0.2) is 0 Å². The summed E-state index contributed by atoms with van der Waals surface area (Å²) in [6, 6.07) is 5.40. The molecule has 0 bridgehead atoms. The Bertz CT molecular complexity index is 573. The van der Waals surface area contributed by atoms with Crippen LogP contribution in [-0.2, 0) is 22.5 Å². The molecule has 0 aromatic heterocycles. The number of carbonyl (C=O) groups excluding carboxylic acids is 1. The van der Waals surface area contributed by atoms with Crippen molar-refractivity contribution in [1.29, 1.82) is 0 Å². The van der Waals surface area contributed by atoms with E-state index in [0.29, 0.717) is 18.8 Å². The Morgan fingerprint density at radius 1 is 1.43 bits per heavy atom. The minimum absolute atomic E-state index is 0.322. The Labute approximate surface area is 125 Å². The highest BCUT2D eigenvalue weighted by Gasteiger charge is 2.27. The van der Waals surface area contributed by atoms with Crippen molar-refractivity contribution >= 4 is 11.8 Å². The van der Waals surface area contributed by atoms with Gasteiger partial charge in [0.1, 0.15) is 17.5 Å². The summed E-state index contributed by atoms with van der Waals surface area (Å²) in [5, 5.41) is 0. The summed E-state index contributed by atoms with van der Waals surface area (Å²) in [4.78, 5) is 16.5. The molecule has 0 spiro atoms. The summed E-state index contributed by atoms with van der Waals surface area (Å²) in [7, 11) is 0. The van der Waals surface area contributed by atoms with E-state index in [1.54, 1.807) is 0 Å². The summed E-state index contributed by atoms with van der Waals surface area (Å²) in [6.07, 6.45) is 1.35. The van der Waals surface area contributed by atoms with Crippen molar-refractivity contribution in [1.82, 2.24) is 0 Å². The van der Waals surface area contributed by atoms with Crippen LogP contribution in [0.25, 0.3) is 0 Å². The van der Waals surface area contributed by atoms with Gasteiger partial charge < -0.3 is 16.2 Å². The highest BCUT2D eigenvalue weighted by Crippen LogP contribution is 2.21. The fourth-order valence-electron chi connectivity index (χ4n) is 2.34. The number of benzene rings is 1. The Hall–Kier alpha value is -1.88. The quantitative estimate of drug-likeness (QED) is 0.807. The summed E-state index contributed by atoms with van der Waals surface area (Å²) >= 11 is 0. The largest absolute Gasteiger partial charge is 0.458 e. The summed E-state index contributed by atoms with van der Waals surface area (Å²) in [6.45, 7) is 5.99. The van der Waals surface area contributed by atoms with E-state index in [4.69, 9.17) is 16.2 Å². The lowest BCUT2D eigenvalue weighted by atomic mass is 9.99. The Kier molecular flexibility index (Phi) is 4.32. The van der Waals surface area contributed by atoms with E-state index < -0.39 is 11.6 Å². The van der Waals surface area contributed by atoms with E-state index in [1.807, 2.05) is 39.0 Å². The van der Waals surface area contributed by atoms with Crippen LogP contribution in [0.3, 0.4) is 0 Å². The summed E-state index contributed by atoms with van der Waals surface area (Å²) in [5.74, 6) is 0.0611. The van der Waals surface area contributed by atoms with Gasteiger partial charge in [0.25, 0.3) is 0 Å². The van der Waals surface area contributed by atoms with Crippen LogP contribution in [0.1, 0.15) is 43.9 Å². The van der Waals surface area contributed by atoms with Crippen LogP contribution >= 0.6 is 0 Å². The third-order valence-electron chi connectivity index (χ3n) is 3.35. The van der Waals surface area contributed by atoms with Gasteiger partial charge in [0, 0.05) is 12.1 Å². The third-order valence-corrected chi connectivity index (χ3v) is 3.35. The second kappa shape index (κ2) is 5.85. The number of hydrogen-bond donors (Lipinski definition) is 2. The van der Waals surface area contributed by atoms with E-state index >= 15 is 0 Å². The van der Waals surface area contributed by atoms with Crippen LogP contribution in [0.15, 0.2) is 23.2 Å². The number of aliphatic imine (C=N–C) groups is 1. The molecule has 0 fully saturated rings. The SMILES string of the molecule is CC(C)(C)OC(=O)C1CCc2ccc(CN)cc2C(N)=N1. The third kappa shape index (κ3) is 3.82. The molecule has 2 rings (SSSR count). The second-order valence-corrected chi connectivity index (χ2v) is 6.30. The molecule has 114 valence electrons. The van der Waals surface area contributed by atoms with Gasteiger partial charge in [0.2, 0.25) is 0 Å². The van der Waals surface area contributed by atoms with Crippen molar-refractivity contribution in [2.75, 3.05) is 0 Å². The molecule has 0 aliphatic carbocycles. The minimum atomic E-state index is -0.544. The van der Waals surface area contributed by atoms with Crippen molar-refractivity contribution in [2.45, 2.75) is 51.8 Å². The maximum Gasteiger partial charge on any atom is 0.331 e. The van der Waals surface area contributed by atoms with E-state index in [1.165, 1.54) is 0 Å². The topological polar surface area (TPSA) is 90.7 Å². The molecule has 1 aliphatic heterocycles. The summed E-state index contributed by atoms with van der Waals surface area (Å²) < 4.78 is 5.40. The van der Waals surface area contributed by atoms with Gasteiger partial charge >= 0.3 is 5.97 Å². The molecule has 0 saturated heterocycles. The molecule has 21 heavy (non-hydrogen) atoms. The van der Waals surface area contributed by atoms with Crippen LogP contribution in [0.2, 0.25) is 0 Å². The van der Waals surface area contributed by atoms with Gasteiger partial charge in [-0.25, -0.2) is 4.79 Å². The number of carbonyl (C=O) groups is 1. The standard InChI is InChI=1S/C16H23N3O2/c1-16(2,3)21-15(20)13-7-6-11-5-4-10(9-17)8-12(11)14(18)19-13/h4-5,8,13H,6-7,9,17H2,1-3H3,(H2,18,19). The average Bonchev–Trinajstić information content (AvgIpc) is 2.56. The van der Waals surface area contributed by atoms with Crippen molar-refractivity contribution in [3.8, 4) is 0 Å². The normalized spacial score (nSPS) is 18.5. The fourth-order valence-corrected chi connectivity index (χ4v) is 2.34. The molecule has 1 unspecified atom stereocenters. The van der Waals surface area contributed by atoms with E-state index in [0.717, 1.165) is 23.1 Å². The van der Waals surface area contributed by atoms with Gasteiger partial charge in [0.05, 0.1) is 0 Å². The predicted octanol–water partition coefficient (Wildman–Crippen LogP) is 1.51. The lowest BCUT2D eigenvalue weighted by Crippen LogP contribution is -2.32. The number of rotatable bonds is 2. The van der Waals surface area contributed by atoms with Gasteiger partial charge in [-0.1, -0.05) is 12.1 Å². The molecule has 1 heterocycles. The zero-order chi connectivity index (χ0) is 15.6. The molecule has 5 nitrogen and oxygen atoms in total. The number of aryl methyl sites for hydroxylation is 1. The Morgan fingerprint density at radius 2 is 2.14 bits per heavy atom. The number of ether oxygens (including phenoxy) is 1. The number of nitrogens with zero attached hydrogens (tertiary/aromatic N) is 1. The highest BCUT2D eigenvalue weighted by atomic mass is 16.6. The van der Waals surface area contributed by atoms with Crippen molar-refractivity contribution in [3.63, 3.8) is 0 Å². The molecule has 0 amide bonds. The minimum Gasteiger partial charge on any atom is -0.458 e. The van der Waals surface area contributed by atoms with Gasteiger partial charge in [-0.2, -0.15) is 0 Å². The predicted molar refractivity (Wildman–Crippen MR) is 83.0 cm³/mol. The molecule has 0 radical (unpaired) electrons. The maximum absolute atomic E-state index is 12.2. The highest BCUT2D eigenvalue weighted by molar-refractivity contribution is 6.00. The molecule has 0 saturated carbocycles. The van der Waals surface area contributed by atoms with E-state index in [2.05, 4.69) is 4.99 Å². The van der Waals surface area contributed by atoms with Crippen molar-refractivity contribution in [3.05, 3.63) is 34.9 Å². The zero-order valence-corrected chi connectivity index (χ0v) is 12.8. The number of amidine groups is 1. The number of esters is 1. The first-order valence-electron chi connectivity index (χ1n) is 7.18. The monoisotopic (exact) mass is 289 g/mol. The van der Waals surface area contributed by atoms with Gasteiger partial charge in [-0.15, -0.1) is 0 Å². The Balaban J connectivity index is 2.26. The second-order valence-electron chi connectivity index (χ2n) is 6.30. The van der Waals surface area contributed by atoms with Gasteiger partial charge in [-0.05, 0) is 50.8 Å². The first-order valence-corrected chi connectivity index (χ1v) is 7.18. The fraction of sp³-hybridized carbons (Fsp3) is 0.500. The lowest BCUT2D eigenvalue weighted by molar-refractivity contribution is -0.156. The van der Waals surface area contributed by atoms with Crippen molar-refractivity contribution < 1.29 is 9.53 Å². The zero-order valence-electron chi connectivity index (χ0n) is 12.8. The average molecular weight is 289 g/mol. The van der Waals surface area contributed by atoms with Crippen molar-refractivity contribution in [2.24, 2.45) is 16.5 Å². The van der Waals surface area contributed by atoms with Crippen LogP contribution in [0.4, 0.5) is 0 Å². The van der Waals surface area contributed by atoms with Crippen LogP contribution in [-0.4, -0.2) is 23.4 Å². The molecule has 4 N–H and O–H groups in total. The lowest BCUT2D eigenvalue weighted by Gasteiger charge is -2.21. The smallest absolute Gasteiger partial charge is 0.331 e. The van der Waals surface area contributed by atoms with Gasteiger partial charge in [-0.3, -0.25) is 4.99 Å². The first kappa shape index (κ1) is 15.5.